The first-order valence-electron chi connectivity index (χ1n) is 7.47. The molecule has 5 nitrogen and oxygen atoms in total. The molecule has 0 saturated carbocycles. The maximum absolute atomic E-state index is 14.1. The third-order valence-corrected chi connectivity index (χ3v) is 3.46. The van der Waals surface area contributed by atoms with Crippen molar-refractivity contribution in [3.63, 3.8) is 0 Å². The molecule has 0 aliphatic carbocycles. The average Bonchev–Trinajstić information content (AvgIpc) is 2.86. The highest BCUT2D eigenvalue weighted by Gasteiger charge is 2.30. The highest BCUT2D eigenvalue weighted by molar-refractivity contribution is 5.68. The maximum atomic E-state index is 14.1. The van der Waals surface area contributed by atoms with E-state index in [1.54, 1.807) is 25.7 Å². The number of anilines is 1. The number of alkyl carbamates (subject to hydrolysis) is 1. The van der Waals surface area contributed by atoms with Crippen LogP contribution in [-0.2, 0) is 4.74 Å². The largest absolute Gasteiger partial charge is 0.491 e. The van der Waals surface area contributed by atoms with Crippen molar-refractivity contribution in [3.8, 4) is 5.75 Å². The summed E-state index contributed by atoms with van der Waals surface area (Å²) in [7, 11) is 1.30. The summed E-state index contributed by atoms with van der Waals surface area (Å²) >= 11 is 0. The standard InChI is InChI=1S/C16H22F2N2O3/c1-16(2,3)23-15(21)19-10-7-8-20(9-10)13-11(17)5-6-12(18)14(13)22-4/h5-6,10H,7-9H2,1-4H3,(H,19,21). The molecule has 128 valence electrons. The zero-order chi connectivity index (χ0) is 17.2. The fourth-order valence-electron chi connectivity index (χ4n) is 2.57. The summed E-state index contributed by atoms with van der Waals surface area (Å²) < 4.78 is 38.0. The summed E-state index contributed by atoms with van der Waals surface area (Å²) in [5, 5.41) is 2.75. The molecule has 2 rings (SSSR count). The number of carbonyl (C=O) groups excluding carboxylic acids is 1. The number of carbonyl (C=O) groups is 1. The van der Waals surface area contributed by atoms with Crippen LogP contribution in [0.3, 0.4) is 0 Å². The molecule has 1 aromatic rings. The fraction of sp³-hybridized carbons (Fsp3) is 0.562. The van der Waals surface area contributed by atoms with Gasteiger partial charge in [-0.25, -0.2) is 13.6 Å². The van der Waals surface area contributed by atoms with Crippen molar-refractivity contribution in [2.45, 2.75) is 38.8 Å². The summed E-state index contributed by atoms with van der Waals surface area (Å²) in [6.45, 7) is 6.18. The quantitative estimate of drug-likeness (QED) is 0.926. The minimum absolute atomic E-state index is 0.0842. The Morgan fingerprint density at radius 1 is 1.30 bits per heavy atom. The molecule has 0 aromatic heterocycles. The number of benzene rings is 1. The van der Waals surface area contributed by atoms with Crippen LogP contribution < -0.4 is 15.0 Å². The highest BCUT2D eigenvalue weighted by Crippen LogP contribution is 2.35. The van der Waals surface area contributed by atoms with E-state index in [1.165, 1.54) is 7.11 Å². The Bertz CT molecular complexity index is 587. The van der Waals surface area contributed by atoms with Gasteiger partial charge in [-0.1, -0.05) is 0 Å². The van der Waals surface area contributed by atoms with E-state index in [4.69, 9.17) is 9.47 Å². The second kappa shape index (κ2) is 6.60. The second-order valence-corrected chi connectivity index (χ2v) is 6.49. The number of halogens is 2. The van der Waals surface area contributed by atoms with Crippen LogP contribution >= 0.6 is 0 Å². The van der Waals surface area contributed by atoms with Crippen LogP contribution in [0.5, 0.6) is 5.75 Å². The molecule has 1 heterocycles. The molecular formula is C16H22F2N2O3. The lowest BCUT2D eigenvalue weighted by Gasteiger charge is -2.23. The van der Waals surface area contributed by atoms with Crippen LogP contribution in [-0.4, -0.2) is 37.9 Å². The summed E-state index contributed by atoms with van der Waals surface area (Å²) in [4.78, 5) is 13.5. The van der Waals surface area contributed by atoms with E-state index < -0.39 is 23.3 Å². The fourth-order valence-corrected chi connectivity index (χ4v) is 2.57. The van der Waals surface area contributed by atoms with E-state index >= 15 is 0 Å². The number of nitrogens with one attached hydrogen (secondary N) is 1. The molecule has 1 aliphatic rings. The maximum Gasteiger partial charge on any atom is 0.407 e. The highest BCUT2D eigenvalue weighted by atomic mass is 19.1. The van der Waals surface area contributed by atoms with Crippen LogP contribution in [0.25, 0.3) is 0 Å². The van der Waals surface area contributed by atoms with E-state index in [0.29, 0.717) is 19.5 Å². The smallest absolute Gasteiger partial charge is 0.407 e. The molecule has 0 bridgehead atoms. The van der Waals surface area contributed by atoms with Crippen LogP contribution in [0.1, 0.15) is 27.2 Å². The molecule has 0 radical (unpaired) electrons. The first-order chi connectivity index (χ1) is 10.7. The van der Waals surface area contributed by atoms with E-state index in [2.05, 4.69) is 5.32 Å². The number of hydrogen-bond acceptors (Lipinski definition) is 4. The van der Waals surface area contributed by atoms with Gasteiger partial charge < -0.3 is 19.7 Å². The van der Waals surface area contributed by atoms with Crippen LogP contribution in [0.2, 0.25) is 0 Å². The van der Waals surface area contributed by atoms with Crippen LogP contribution in [0, 0.1) is 11.6 Å². The van der Waals surface area contributed by atoms with Gasteiger partial charge in [0.15, 0.2) is 17.4 Å². The molecule has 1 aliphatic heterocycles. The lowest BCUT2D eigenvalue weighted by Crippen LogP contribution is -2.40. The monoisotopic (exact) mass is 328 g/mol. The molecule has 7 heteroatoms. The molecular weight excluding hydrogens is 306 g/mol. The molecule has 1 unspecified atom stereocenters. The summed E-state index contributed by atoms with van der Waals surface area (Å²) in [6, 6.07) is 1.91. The first-order valence-corrected chi connectivity index (χ1v) is 7.47. The number of nitrogens with zero attached hydrogens (tertiary/aromatic N) is 1. The van der Waals surface area contributed by atoms with Crippen molar-refractivity contribution in [3.05, 3.63) is 23.8 Å². The molecule has 1 aromatic carbocycles. The van der Waals surface area contributed by atoms with Crippen molar-refractivity contribution in [2.75, 3.05) is 25.1 Å². The van der Waals surface area contributed by atoms with Gasteiger partial charge in [0.25, 0.3) is 0 Å². The van der Waals surface area contributed by atoms with Gasteiger partial charge in [0, 0.05) is 13.1 Å². The zero-order valence-electron chi connectivity index (χ0n) is 13.8. The second-order valence-electron chi connectivity index (χ2n) is 6.49. The molecule has 1 saturated heterocycles. The van der Waals surface area contributed by atoms with Crippen LogP contribution in [0.15, 0.2) is 12.1 Å². The Morgan fingerprint density at radius 3 is 2.57 bits per heavy atom. The molecule has 23 heavy (non-hydrogen) atoms. The topological polar surface area (TPSA) is 50.8 Å². The normalized spacial score (nSPS) is 18.0. The van der Waals surface area contributed by atoms with Gasteiger partial charge >= 0.3 is 6.09 Å². The number of ether oxygens (including phenoxy) is 2. The third-order valence-electron chi connectivity index (χ3n) is 3.46. The molecule has 1 atom stereocenters. The van der Waals surface area contributed by atoms with Crippen molar-refractivity contribution < 1.29 is 23.0 Å². The first kappa shape index (κ1) is 17.3. The lowest BCUT2D eigenvalue weighted by atomic mass is 10.2. The third kappa shape index (κ3) is 4.24. The molecule has 0 spiro atoms. The molecule has 1 amide bonds. The van der Waals surface area contributed by atoms with E-state index in [9.17, 15) is 13.6 Å². The number of methoxy groups -OCH3 is 1. The minimum atomic E-state index is -0.618. The van der Waals surface area contributed by atoms with Gasteiger partial charge in [0.05, 0.1) is 13.2 Å². The predicted molar refractivity (Wildman–Crippen MR) is 82.9 cm³/mol. The van der Waals surface area contributed by atoms with Gasteiger partial charge in [-0.15, -0.1) is 0 Å². The van der Waals surface area contributed by atoms with Gasteiger partial charge in [-0.05, 0) is 39.3 Å². The van der Waals surface area contributed by atoms with E-state index in [-0.39, 0.29) is 17.5 Å². The number of rotatable bonds is 3. The van der Waals surface area contributed by atoms with Crippen LogP contribution in [0.4, 0.5) is 19.3 Å². The summed E-state index contributed by atoms with van der Waals surface area (Å²) in [6.07, 6.45) is 0.0919. The van der Waals surface area contributed by atoms with Crippen molar-refractivity contribution in [1.29, 1.82) is 0 Å². The Balaban J connectivity index is 2.06. The van der Waals surface area contributed by atoms with Gasteiger partial charge in [0.2, 0.25) is 0 Å². The summed E-state index contributed by atoms with van der Waals surface area (Å²) in [5.41, 5.74) is -0.499. The number of amides is 1. The SMILES string of the molecule is COc1c(F)ccc(F)c1N1CCC(NC(=O)OC(C)(C)C)C1. The lowest BCUT2D eigenvalue weighted by molar-refractivity contribution is 0.0509. The average molecular weight is 328 g/mol. The Kier molecular flexibility index (Phi) is 4.97. The Morgan fingerprint density at radius 2 is 1.96 bits per heavy atom. The molecule has 1 fully saturated rings. The Labute approximate surface area is 134 Å². The molecule has 1 N–H and O–H groups in total. The Hall–Kier alpha value is -2.05. The van der Waals surface area contributed by atoms with Crippen molar-refractivity contribution in [1.82, 2.24) is 5.32 Å². The number of hydrogen-bond donors (Lipinski definition) is 1. The summed E-state index contributed by atoms with van der Waals surface area (Å²) in [5.74, 6) is -1.29. The van der Waals surface area contributed by atoms with Crippen molar-refractivity contribution >= 4 is 11.8 Å². The van der Waals surface area contributed by atoms with E-state index in [1.807, 2.05) is 0 Å². The van der Waals surface area contributed by atoms with Gasteiger partial charge in [-0.3, -0.25) is 0 Å². The van der Waals surface area contributed by atoms with Crippen molar-refractivity contribution in [2.24, 2.45) is 0 Å². The van der Waals surface area contributed by atoms with Gasteiger partial charge in [-0.2, -0.15) is 0 Å². The zero-order valence-corrected chi connectivity index (χ0v) is 13.8. The van der Waals surface area contributed by atoms with Gasteiger partial charge in [0.1, 0.15) is 11.3 Å². The predicted octanol–water partition coefficient (Wildman–Crippen LogP) is 3.08. The minimum Gasteiger partial charge on any atom is -0.491 e. The van der Waals surface area contributed by atoms with E-state index in [0.717, 1.165) is 12.1 Å².